The van der Waals surface area contributed by atoms with Gasteiger partial charge in [-0.1, -0.05) is 0 Å². The second kappa shape index (κ2) is 8.29. The van der Waals surface area contributed by atoms with E-state index in [1.807, 2.05) is 0 Å². The molecule has 8 heteroatoms. The number of aliphatic carboxylic acids is 1. The van der Waals surface area contributed by atoms with Crippen molar-refractivity contribution in [2.24, 2.45) is 11.7 Å². The van der Waals surface area contributed by atoms with E-state index in [4.69, 9.17) is 15.6 Å². The number of urea groups is 1. The summed E-state index contributed by atoms with van der Waals surface area (Å²) in [4.78, 5) is 32.3. The summed E-state index contributed by atoms with van der Waals surface area (Å²) in [7, 11) is 0. The molecule has 0 saturated heterocycles. The minimum Gasteiger partial charge on any atom is -0.481 e. The van der Waals surface area contributed by atoms with Crippen molar-refractivity contribution in [3.05, 3.63) is 0 Å². The molecular weight excluding hydrogens is 242 g/mol. The molecule has 104 valence electrons. The fraction of sp³-hybridized carbons (Fsp3) is 0.700. The summed E-state index contributed by atoms with van der Waals surface area (Å²) in [6.07, 6.45) is 0. The van der Waals surface area contributed by atoms with Gasteiger partial charge in [0.1, 0.15) is 6.61 Å². The number of carboxylic acid groups (broad SMARTS) is 1. The van der Waals surface area contributed by atoms with Gasteiger partial charge in [0.05, 0.1) is 12.5 Å². The molecule has 0 rings (SSSR count). The predicted octanol–water partition coefficient (Wildman–Crippen LogP) is -1.10. The number of hydrogen-bond donors (Lipinski definition) is 4. The topological polar surface area (TPSA) is 131 Å². The van der Waals surface area contributed by atoms with E-state index in [1.165, 1.54) is 6.92 Å². The average molecular weight is 261 g/mol. The van der Waals surface area contributed by atoms with Crippen molar-refractivity contribution in [1.82, 2.24) is 10.6 Å². The Bertz CT molecular complexity index is 308. The number of primary amides is 1. The molecule has 0 spiro atoms. The van der Waals surface area contributed by atoms with Crippen LogP contribution in [0, 0.1) is 5.92 Å². The minimum atomic E-state index is -0.979. The largest absolute Gasteiger partial charge is 0.481 e. The van der Waals surface area contributed by atoms with Crippen LogP contribution in [0.15, 0.2) is 0 Å². The molecule has 0 aromatic rings. The van der Waals surface area contributed by atoms with E-state index in [0.29, 0.717) is 0 Å². The van der Waals surface area contributed by atoms with Crippen LogP contribution >= 0.6 is 0 Å². The number of carbonyl (C=O) groups is 3. The lowest BCUT2D eigenvalue weighted by Gasteiger charge is -2.18. The Morgan fingerprint density at radius 3 is 2.44 bits per heavy atom. The molecule has 0 fully saturated rings. The van der Waals surface area contributed by atoms with Crippen LogP contribution in [0.25, 0.3) is 0 Å². The second-order valence-corrected chi connectivity index (χ2v) is 3.83. The molecule has 2 unspecified atom stereocenters. The molecule has 0 aliphatic heterocycles. The predicted molar refractivity (Wildman–Crippen MR) is 62.8 cm³/mol. The zero-order valence-electron chi connectivity index (χ0n) is 10.4. The molecule has 0 bridgehead atoms. The molecule has 0 aromatic heterocycles. The van der Waals surface area contributed by atoms with Crippen LogP contribution in [0.5, 0.6) is 0 Å². The first-order valence-electron chi connectivity index (χ1n) is 5.47. The zero-order valence-corrected chi connectivity index (χ0v) is 10.4. The molecule has 0 heterocycles. The Balaban J connectivity index is 3.71. The first kappa shape index (κ1) is 16.2. The maximum absolute atomic E-state index is 11.3. The molecule has 3 amide bonds. The Morgan fingerprint density at radius 2 is 1.94 bits per heavy atom. The standard InChI is InChI=1S/C10H19N3O5/c1-6(9(15)16)7(2)13-10(17)12-3-4-18-5-8(11)14/h6-7H,3-5H2,1-2H3,(H2,11,14)(H,15,16)(H2,12,13,17). The van der Waals surface area contributed by atoms with E-state index in [9.17, 15) is 14.4 Å². The van der Waals surface area contributed by atoms with Crippen molar-refractivity contribution in [3.63, 3.8) is 0 Å². The number of amides is 3. The highest BCUT2D eigenvalue weighted by atomic mass is 16.5. The summed E-state index contributed by atoms with van der Waals surface area (Å²) >= 11 is 0. The van der Waals surface area contributed by atoms with E-state index in [1.54, 1.807) is 6.92 Å². The Labute approximate surface area is 105 Å². The number of hydrogen-bond acceptors (Lipinski definition) is 4. The van der Waals surface area contributed by atoms with Gasteiger partial charge < -0.3 is 26.2 Å². The number of rotatable bonds is 8. The van der Waals surface area contributed by atoms with E-state index >= 15 is 0 Å². The van der Waals surface area contributed by atoms with Crippen molar-refractivity contribution < 1.29 is 24.2 Å². The minimum absolute atomic E-state index is 0.152. The molecule has 18 heavy (non-hydrogen) atoms. The number of nitrogens with one attached hydrogen (secondary N) is 2. The van der Waals surface area contributed by atoms with Crippen LogP contribution in [0.3, 0.4) is 0 Å². The smallest absolute Gasteiger partial charge is 0.315 e. The van der Waals surface area contributed by atoms with Gasteiger partial charge in [-0.15, -0.1) is 0 Å². The van der Waals surface area contributed by atoms with Gasteiger partial charge in [-0.2, -0.15) is 0 Å². The second-order valence-electron chi connectivity index (χ2n) is 3.83. The molecule has 8 nitrogen and oxygen atoms in total. The van der Waals surface area contributed by atoms with Crippen molar-refractivity contribution in [1.29, 1.82) is 0 Å². The molecule has 0 saturated carbocycles. The molecule has 0 aliphatic rings. The van der Waals surface area contributed by atoms with Crippen LogP contribution in [-0.2, 0) is 14.3 Å². The average Bonchev–Trinajstić information content (AvgIpc) is 2.26. The highest BCUT2D eigenvalue weighted by Gasteiger charge is 2.20. The van der Waals surface area contributed by atoms with Gasteiger partial charge >= 0.3 is 12.0 Å². The lowest BCUT2D eigenvalue weighted by Crippen LogP contribution is -2.46. The number of carboxylic acids is 1. The summed E-state index contributed by atoms with van der Waals surface area (Å²) in [6, 6.07) is -0.979. The fourth-order valence-electron chi connectivity index (χ4n) is 1.01. The molecule has 0 aliphatic carbocycles. The van der Waals surface area contributed by atoms with Gasteiger partial charge in [0.15, 0.2) is 0 Å². The third-order valence-electron chi connectivity index (χ3n) is 2.27. The number of nitrogens with two attached hydrogens (primary N) is 1. The van der Waals surface area contributed by atoms with Crippen LogP contribution in [0.2, 0.25) is 0 Å². The summed E-state index contributed by atoms with van der Waals surface area (Å²) in [5, 5.41) is 13.7. The monoisotopic (exact) mass is 261 g/mol. The van der Waals surface area contributed by atoms with Gasteiger partial charge in [0.2, 0.25) is 5.91 Å². The molecule has 0 aromatic carbocycles. The maximum Gasteiger partial charge on any atom is 0.315 e. The first-order valence-corrected chi connectivity index (χ1v) is 5.47. The summed E-state index contributed by atoms with van der Waals surface area (Å²) < 4.78 is 4.82. The quantitative estimate of drug-likeness (QED) is 0.412. The Hall–Kier alpha value is -1.83. The molecule has 2 atom stereocenters. The van der Waals surface area contributed by atoms with Crippen molar-refractivity contribution in [2.75, 3.05) is 19.8 Å². The lowest BCUT2D eigenvalue weighted by molar-refractivity contribution is -0.141. The van der Waals surface area contributed by atoms with Gasteiger partial charge in [0.25, 0.3) is 0 Å². The van der Waals surface area contributed by atoms with E-state index < -0.39 is 29.9 Å². The number of carbonyl (C=O) groups excluding carboxylic acids is 2. The van der Waals surface area contributed by atoms with Gasteiger partial charge in [-0.3, -0.25) is 9.59 Å². The zero-order chi connectivity index (χ0) is 14.1. The summed E-state index contributed by atoms with van der Waals surface area (Å²) in [5.41, 5.74) is 4.84. The van der Waals surface area contributed by atoms with Crippen molar-refractivity contribution in [2.45, 2.75) is 19.9 Å². The van der Waals surface area contributed by atoms with Gasteiger partial charge in [-0.25, -0.2) is 4.79 Å². The van der Waals surface area contributed by atoms with Crippen LogP contribution in [0.1, 0.15) is 13.8 Å². The Kier molecular flexibility index (Phi) is 7.45. The van der Waals surface area contributed by atoms with Crippen LogP contribution in [0.4, 0.5) is 4.79 Å². The molecule has 5 N–H and O–H groups in total. The van der Waals surface area contributed by atoms with Crippen LogP contribution < -0.4 is 16.4 Å². The van der Waals surface area contributed by atoms with Gasteiger partial charge in [-0.05, 0) is 13.8 Å². The highest BCUT2D eigenvalue weighted by Crippen LogP contribution is 2.01. The third-order valence-corrected chi connectivity index (χ3v) is 2.27. The van der Waals surface area contributed by atoms with E-state index in [2.05, 4.69) is 10.6 Å². The van der Waals surface area contributed by atoms with Crippen molar-refractivity contribution in [3.8, 4) is 0 Å². The Morgan fingerprint density at radius 1 is 1.33 bits per heavy atom. The molecule has 0 radical (unpaired) electrons. The maximum atomic E-state index is 11.3. The summed E-state index contributed by atoms with van der Waals surface area (Å²) in [5.74, 6) is -2.24. The van der Waals surface area contributed by atoms with Crippen molar-refractivity contribution >= 4 is 17.9 Å². The first-order chi connectivity index (χ1) is 8.34. The fourth-order valence-corrected chi connectivity index (χ4v) is 1.01. The highest BCUT2D eigenvalue weighted by molar-refractivity contribution is 5.76. The van der Waals surface area contributed by atoms with Gasteiger partial charge in [0, 0.05) is 12.6 Å². The normalized spacial score (nSPS) is 13.4. The molecular formula is C10H19N3O5. The lowest BCUT2D eigenvalue weighted by atomic mass is 10.0. The van der Waals surface area contributed by atoms with Crippen LogP contribution in [-0.4, -0.2) is 48.8 Å². The van der Waals surface area contributed by atoms with E-state index in [0.717, 1.165) is 0 Å². The SMILES string of the molecule is CC(NC(=O)NCCOCC(N)=O)C(C)C(=O)O. The summed E-state index contributed by atoms with van der Waals surface area (Å²) in [6.45, 7) is 3.26. The van der Waals surface area contributed by atoms with E-state index in [-0.39, 0.29) is 19.8 Å². The number of ether oxygens (including phenoxy) is 1. The third kappa shape index (κ3) is 7.44.